The van der Waals surface area contributed by atoms with Crippen LogP contribution in [0, 0.1) is 18.8 Å². The van der Waals surface area contributed by atoms with Crippen LogP contribution in [0.3, 0.4) is 0 Å². The maximum absolute atomic E-state index is 11.9. The molecule has 1 aromatic carbocycles. The van der Waals surface area contributed by atoms with Crippen molar-refractivity contribution < 1.29 is 4.79 Å². The van der Waals surface area contributed by atoms with Crippen LogP contribution in [0.5, 0.6) is 0 Å². The minimum Gasteiger partial charge on any atom is -0.353 e. The predicted octanol–water partition coefficient (Wildman–Crippen LogP) is 2.31. The zero-order valence-electron chi connectivity index (χ0n) is 15.6. The number of benzene rings is 1. The van der Waals surface area contributed by atoms with E-state index in [1.165, 1.54) is 36.8 Å². The second kappa shape index (κ2) is 7.89. The lowest BCUT2D eigenvalue weighted by molar-refractivity contribution is -0.127. The summed E-state index contributed by atoms with van der Waals surface area (Å²) in [5, 5.41) is 6.81. The molecule has 25 heavy (non-hydrogen) atoms. The van der Waals surface area contributed by atoms with Crippen molar-refractivity contribution in [3.05, 3.63) is 35.4 Å². The largest absolute Gasteiger partial charge is 0.353 e. The molecule has 0 saturated heterocycles. The average Bonchev–Trinajstić information content (AvgIpc) is 3.19. The summed E-state index contributed by atoms with van der Waals surface area (Å²) < 4.78 is 0. The third-order valence-electron chi connectivity index (χ3n) is 5.47. The number of hydrogen-bond acceptors (Lipinski definition) is 2. The van der Waals surface area contributed by atoms with Gasteiger partial charge in [-0.3, -0.25) is 4.79 Å². The number of nitrogens with zero attached hydrogens (tertiary/aromatic N) is 2. The second-order valence-corrected chi connectivity index (χ2v) is 7.72. The molecule has 1 amide bonds. The summed E-state index contributed by atoms with van der Waals surface area (Å²) in [6, 6.07) is 8.90. The first kappa shape index (κ1) is 17.8. The molecular weight excluding hydrogens is 312 g/mol. The van der Waals surface area contributed by atoms with E-state index < -0.39 is 0 Å². The molecule has 136 valence electrons. The number of rotatable bonds is 5. The summed E-state index contributed by atoms with van der Waals surface area (Å²) >= 11 is 0. The van der Waals surface area contributed by atoms with Crippen molar-refractivity contribution in [3.8, 4) is 0 Å². The second-order valence-electron chi connectivity index (χ2n) is 7.72. The van der Waals surface area contributed by atoms with Crippen molar-refractivity contribution in [3.63, 3.8) is 0 Å². The Balaban J connectivity index is 1.64. The van der Waals surface area contributed by atoms with Crippen LogP contribution in [-0.2, 0) is 11.3 Å². The van der Waals surface area contributed by atoms with Crippen LogP contribution in [0.15, 0.2) is 29.3 Å². The average molecular weight is 342 g/mol. The van der Waals surface area contributed by atoms with Crippen molar-refractivity contribution in [2.75, 3.05) is 20.6 Å². The molecule has 0 spiro atoms. The van der Waals surface area contributed by atoms with Crippen molar-refractivity contribution in [2.45, 2.75) is 45.2 Å². The minimum absolute atomic E-state index is 0.0537. The van der Waals surface area contributed by atoms with Crippen molar-refractivity contribution in [1.82, 2.24) is 15.5 Å². The molecule has 5 nitrogen and oxygen atoms in total. The van der Waals surface area contributed by atoms with E-state index in [-0.39, 0.29) is 12.5 Å². The van der Waals surface area contributed by atoms with Crippen LogP contribution in [0.1, 0.15) is 36.8 Å². The Morgan fingerprint density at radius 2 is 2.12 bits per heavy atom. The van der Waals surface area contributed by atoms with Crippen molar-refractivity contribution >= 4 is 11.9 Å². The zero-order valence-corrected chi connectivity index (χ0v) is 15.6. The Hall–Kier alpha value is -2.04. The fourth-order valence-electron chi connectivity index (χ4n) is 4.05. The van der Waals surface area contributed by atoms with Crippen LogP contribution in [-0.4, -0.2) is 43.4 Å². The lowest BCUT2D eigenvalue weighted by atomic mass is 9.95. The van der Waals surface area contributed by atoms with Gasteiger partial charge < -0.3 is 15.5 Å². The summed E-state index contributed by atoms with van der Waals surface area (Å²) in [6.07, 6.45) is 5.28. The topological polar surface area (TPSA) is 56.7 Å². The van der Waals surface area contributed by atoms with E-state index in [1.807, 2.05) is 0 Å². The van der Waals surface area contributed by atoms with Gasteiger partial charge in [0.1, 0.15) is 0 Å². The Morgan fingerprint density at radius 3 is 2.76 bits per heavy atom. The van der Waals surface area contributed by atoms with Crippen LogP contribution in [0.4, 0.5) is 0 Å². The van der Waals surface area contributed by atoms with E-state index >= 15 is 0 Å². The van der Waals surface area contributed by atoms with Gasteiger partial charge in [-0.1, -0.05) is 36.2 Å². The van der Waals surface area contributed by atoms with Crippen LogP contribution < -0.4 is 10.6 Å². The Labute approximate surface area is 150 Å². The number of nitrogens with one attached hydrogen (secondary N) is 2. The first-order chi connectivity index (χ1) is 12.0. The Kier molecular flexibility index (Phi) is 5.61. The highest BCUT2D eigenvalue weighted by Gasteiger charge is 2.39. The molecule has 2 bridgehead atoms. The highest BCUT2D eigenvalue weighted by molar-refractivity contribution is 5.86. The molecule has 2 N–H and O–H groups in total. The summed E-state index contributed by atoms with van der Waals surface area (Å²) in [7, 11) is 3.55. The van der Waals surface area contributed by atoms with Gasteiger partial charge in [0, 0.05) is 20.1 Å². The molecular formula is C20H30N4O. The van der Waals surface area contributed by atoms with Gasteiger partial charge in [0.05, 0.1) is 13.1 Å². The first-order valence-electron chi connectivity index (χ1n) is 9.32. The first-order valence-corrected chi connectivity index (χ1v) is 9.32. The maximum Gasteiger partial charge on any atom is 0.241 e. The maximum atomic E-state index is 11.9. The Bertz CT molecular complexity index is 640. The number of hydrogen-bond donors (Lipinski definition) is 2. The van der Waals surface area contributed by atoms with Gasteiger partial charge in [0.2, 0.25) is 5.91 Å². The monoisotopic (exact) mass is 342 g/mol. The third kappa shape index (κ3) is 4.74. The number of carbonyl (C=O) groups excluding carboxylic acids is 1. The lowest BCUT2D eigenvalue weighted by Gasteiger charge is -2.25. The normalized spacial score (nSPS) is 25.1. The minimum atomic E-state index is 0.0537. The number of amides is 1. The molecule has 1 aromatic rings. The van der Waals surface area contributed by atoms with Crippen LogP contribution in [0.25, 0.3) is 0 Å². The van der Waals surface area contributed by atoms with Gasteiger partial charge in [0.15, 0.2) is 5.96 Å². The van der Waals surface area contributed by atoms with Crippen molar-refractivity contribution in [1.29, 1.82) is 0 Å². The Morgan fingerprint density at radius 1 is 1.28 bits per heavy atom. The molecule has 3 atom stereocenters. The molecule has 0 heterocycles. The molecule has 3 rings (SSSR count). The van der Waals surface area contributed by atoms with E-state index in [0.717, 1.165) is 17.8 Å². The molecule has 0 aromatic heterocycles. The lowest BCUT2D eigenvalue weighted by Crippen LogP contribution is -2.48. The SMILES string of the molecule is Cc1cccc(CN=C(NCC(=O)N(C)C)NC2CC3CCC2C3)c1. The van der Waals surface area contributed by atoms with Crippen LogP contribution >= 0.6 is 0 Å². The number of likely N-dealkylation sites (N-methyl/N-ethyl adjacent to an activating group) is 1. The summed E-state index contributed by atoms with van der Waals surface area (Å²) in [4.78, 5) is 18.2. The fourth-order valence-corrected chi connectivity index (χ4v) is 4.05. The highest BCUT2D eigenvalue weighted by Crippen LogP contribution is 2.44. The number of fused-ring (bicyclic) bond motifs is 2. The number of aliphatic imine (C=N–C) groups is 1. The molecule has 3 unspecified atom stereocenters. The molecule has 2 fully saturated rings. The van der Waals surface area contributed by atoms with E-state index in [4.69, 9.17) is 4.99 Å². The molecule has 2 aliphatic carbocycles. The van der Waals surface area contributed by atoms with Gasteiger partial charge in [-0.05, 0) is 43.6 Å². The van der Waals surface area contributed by atoms with E-state index in [2.05, 4.69) is 41.8 Å². The van der Waals surface area contributed by atoms with Gasteiger partial charge in [-0.2, -0.15) is 0 Å². The van der Waals surface area contributed by atoms with Gasteiger partial charge in [0.25, 0.3) is 0 Å². The van der Waals surface area contributed by atoms with Crippen LogP contribution in [0.2, 0.25) is 0 Å². The third-order valence-corrected chi connectivity index (χ3v) is 5.47. The number of guanidine groups is 1. The van der Waals surface area contributed by atoms with Crippen molar-refractivity contribution in [2.24, 2.45) is 16.8 Å². The predicted molar refractivity (Wildman–Crippen MR) is 101 cm³/mol. The van der Waals surface area contributed by atoms with E-state index in [9.17, 15) is 4.79 Å². The quantitative estimate of drug-likeness (QED) is 0.638. The van der Waals surface area contributed by atoms with Gasteiger partial charge in [-0.15, -0.1) is 0 Å². The van der Waals surface area contributed by atoms with Gasteiger partial charge >= 0.3 is 0 Å². The number of carbonyl (C=O) groups is 1. The molecule has 5 heteroatoms. The number of aryl methyl sites for hydroxylation is 1. The van der Waals surface area contributed by atoms with Gasteiger partial charge in [-0.25, -0.2) is 4.99 Å². The fraction of sp³-hybridized carbons (Fsp3) is 0.600. The summed E-state index contributed by atoms with van der Waals surface area (Å²) in [5.74, 6) is 2.46. The standard InChI is InChI=1S/C20H30N4O/c1-14-5-4-6-16(9-14)12-21-20(22-13-19(25)24(2)3)23-18-11-15-7-8-17(18)10-15/h4-6,9,15,17-18H,7-8,10-13H2,1-3H3,(H2,21,22,23). The van der Waals surface area contributed by atoms with E-state index in [1.54, 1.807) is 19.0 Å². The summed E-state index contributed by atoms with van der Waals surface area (Å²) in [6.45, 7) is 2.98. The summed E-state index contributed by atoms with van der Waals surface area (Å²) in [5.41, 5.74) is 2.43. The molecule has 0 aliphatic heterocycles. The van der Waals surface area contributed by atoms with E-state index in [0.29, 0.717) is 12.6 Å². The molecule has 2 aliphatic rings. The highest BCUT2D eigenvalue weighted by atomic mass is 16.2. The smallest absolute Gasteiger partial charge is 0.241 e. The molecule has 2 saturated carbocycles. The molecule has 0 radical (unpaired) electrons. The zero-order chi connectivity index (χ0) is 17.8.